The first-order valence-corrected chi connectivity index (χ1v) is 8.52. The molecule has 0 aromatic heterocycles. The van der Waals surface area contributed by atoms with Crippen LogP contribution in [0.3, 0.4) is 0 Å². The summed E-state index contributed by atoms with van der Waals surface area (Å²) in [5.41, 5.74) is 3.37. The van der Waals surface area contributed by atoms with Crippen molar-refractivity contribution in [2.75, 3.05) is 20.3 Å². The second-order valence-electron chi connectivity index (χ2n) is 6.47. The molecule has 1 atom stereocenters. The van der Waals surface area contributed by atoms with Gasteiger partial charge in [0.15, 0.2) is 0 Å². The van der Waals surface area contributed by atoms with Crippen LogP contribution in [0.2, 0.25) is 0 Å². The van der Waals surface area contributed by atoms with Crippen molar-refractivity contribution in [3.05, 3.63) is 52.2 Å². The summed E-state index contributed by atoms with van der Waals surface area (Å²) in [7, 11) is 1.33. The Morgan fingerprint density at radius 1 is 1.32 bits per heavy atom. The summed E-state index contributed by atoms with van der Waals surface area (Å²) in [5.74, 6) is -0.659. The zero-order chi connectivity index (χ0) is 18.0. The summed E-state index contributed by atoms with van der Waals surface area (Å²) < 4.78 is 10.6. The molecule has 1 aromatic carbocycles. The average molecular weight is 341 g/mol. The van der Waals surface area contributed by atoms with E-state index in [1.807, 2.05) is 31.2 Å². The number of aryl methyl sites for hydroxylation is 1. The highest BCUT2D eigenvalue weighted by atomic mass is 16.5. The van der Waals surface area contributed by atoms with E-state index in [1.165, 1.54) is 7.11 Å². The Labute approximate surface area is 147 Å². The van der Waals surface area contributed by atoms with E-state index in [0.29, 0.717) is 23.4 Å². The molecular formula is C20H23NO4. The van der Waals surface area contributed by atoms with Gasteiger partial charge < -0.3 is 14.4 Å². The SMILES string of the molecule is COC(=O)C1=C(C)N(CC2CCCO2)C(=O)C1=Cc1ccc(C)cc1. The molecule has 1 saturated heterocycles. The van der Waals surface area contributed by atoms with Gasteiger partial charge >= 0.3 is 5.97 Å². The van der Waals surface area contributed by atoms with E-state index >= 15 is 0 Å². The zero-order valence-electron chi connectivity index (χ0n) is 14.9. The van der Waals surface area contributed by atoms with Crippen molar-refractivity contribution in [2.45, 2.75) is 32.8 Å². The lowest BCUT2D eigenvalue weighted by molar-refractivity contribution is -0.136. The van der Waals surface area contributed by atoms with E-state index in [4.69, 9.17) is 9.47 Å². The Morgan fingerprint density at radius 2 is 2.04 bits per heavy atom. The molecule has 5 heteroatoms. The molecule has 1 amide bonds. The maximum atomic E-state index is 13.0. The number of hydrogen-bond acceptors (Lipinski definition) is 4. The van der Waals surface area contributed by atoms with Gasteiger partial charge in [0.1, 0.15) is 0 Å². The number of hydrogen-bond donors (Lipinski definition) is 0. The van der Waals surface area contributed by atoms with Crippen molar-refractivity contribution >= 4 is 18.0 Å². The number of amides is 1. The van der Waals surface area contributed by atoms with Crippen LogP contribution in [0.15, 0.2) is 41.1 Å². The monoisotopic (exact) mass is 341 g/mol. The molecule has 0 spiro atoms. The predicted molar refractivity (Wildman–Crippen MR) is 94.6 cm³/mol. The Morgan fingerprint density at radius 3 is 2.64 bits per heavy atom. The quantitative estimate of drug-likeness (QED) is 0.624. The number of nitrogens with zero attached hydrogens (tertiary/aromatic N) is 1. The van der Waals surface area contributed by atoms with Crippen LogP contribution in [0.25, 0.3) is 6.08 Å². The van der Waals surface area contributed by atoms with Crippen LogP contribution in [0, 0.1) is 6.92 Å². The predicted octanol–water partition coefficient (Wildman–Crippen LogP) is 2.85. The molecule has 1 unspecified atom stereocenters. The fourth-order valence-electron chi connectivity index (χ4n) is 3.27. The maximum absolute atomic E-state index is 13.0. The normalized spacial score (nSPS) is 22.2. The fourth-order valence-corrected chi connectivity index (χ4v) is 3.27. The lowest BCUT2D eigenvalue weighted by Gasteiger charge is -2.21. The van der Waals surface area contributed by atoms with Gasteiger partial charge in [0, 0.05) is 12.3 Å². The first-order chi connectivity index (χ1) is 12.0. The summed E-state index contributed by atoms with van der Waals surface area (Å²) in [4.78, 5) is 26.9. The minimum atomic E-state index is -0.487. The van der Waals surface area contributed by atoms with Gasteiger partial charge in [-0.15, -0.1) is 0 Å². The Hall–Kier alpha value is -2.40. The molecule has 3 rings (SSSR count). The van der Waals surface area contributed by atoms with Crippen molar-refractivity contribution in [1.29, 1.82) is 0 Å². The van der Waals surface area contributed by atoms with Crippen molar-refractivity contribution in [2.24, 2.45) is 0 Å². The van der Waals surface area contributed by atoms with Crippen LogP contribution in [-0.2, 0) is 19.1 Å². The van der Waals surface area contributed by atoms with Crippen LogP contribution >= 0.6 is 0 Å². The van der Waals surface area contributed by atoms with E-state index in [1.54, 1.807) is 17.9 Å². The van der Waals surface area contributed by atoms with Gasteiger partial charge in [-0.3, -0.25) is 4.79 Å². The molecule has 2 heterocycles. The minimum absolute atomic E-state index is 0.0246. The number of benzene rings is 1. The van der Waals surface area contributed by atoms with Crippen LogP contribution in [0.5, 0.6) is 0 Å². The van der Waals surface area contributed by atoms with Gasteiger partial charge in [0.2, 0.25) is 0 Å². The van der Waals surface area contributed by atoms with Gasteiger partial charge in [0.25, 0.3) is 5.91 Å². The molecule has 132 valence electrons. The molecule has 2 aliphatic heterocycles. The van der Waals surface area contributed by atoms with Crippen molar-refractivity contribution in [3.8, 4) is 0 Å². The fraction of sp³-hybridized carbons (Fsp3) is 0.400. The van der Waals surface area contributed by atoms with Crippen LogP contribution in [-0.4, -0.2) is 43.1 Å². The molecule has 5 nitrogen and oxygen atoms in total. The van der Waals surface area contributed by atoms with Gasteiger partial charge in [-0.2, -0.15) is 0 Å². The molecular weight excluding hydrogens is 318 g/mol. The van der Waals surface area contributed by atoms with Gasteiger partial charge in [0.05, 0.1) is 30.9 Å². The largest absolute Gasteiger partial charge is 0.465 e. The Kier molecular flexibility index (Phi) is 5.04. The second-order valence-corrected chi connectivity index (χ2v) is 6.47. The molecule has 0 aliphatic carbocycles. The van der Waals surface area contributed by atoms with Crippen molar-refractivity contribution in [3.63, 3.8) is 0 Å². The van der Waals surface area contributed by atoms with E-state index in [9.17, 15) is 9.59 Å². The zero-order valence-corrected chi connectivity index (χ0v) is 14.9. The molecule has 1 aromatic rings. The van der Waals surface area contributed by atoms with Crippen molar-refractivity contribution < 1.29 is 19.1 Å². The van der Waals surface area contributed by atoms with E-state index in [0.717, 1.165) is 30.6 Å². The maximum Gasteiger partial charge on any atom is 0.340 e. The number of esters is 1. The number of methoxy groups -OCH3 is 1. The minimum Gasteiger partial charge on any atom is -0.465 e. The lowest BCUT2D eigenvalue weighted by atomic mass is 10.0. The van der Waals surface area contributed by atoms with Gasteiger partial charge in [-0.1, -0.05) is 29.8 Å². The molecule has 0 radical (unpaired) electrons. The van der Waals surface area contributed by atoms with Crippen molar-refractivity contribution in [1.82, 2.24) is 4.90 Å². The van der Waals surface area contributed by atoms with E-state index in [-0.39, 0.29) is 12.0 Å². The van der Waals surface area contributed by atoms with E-state index in [2.05, 4.69) is 0 Å². The molecule has 1 fully saturated rings. The number of ether oxygens (including phenoxy) is 2. The van der Waals surface area contributed by atoms with Crippen LogP contribution in [0.1, 0.15) is 30.9 Å². The van der Waals surface area contributed by atoms with Crippen LogP contribution < -0.4 is 0 Å². The molecule has 2 aliphatic rings. The topological polar surface area (TPSA) is 55.8 Å². The summed E-state index contributed by atoms with van der Waals surface area (Å²) in [6.45, 7) is 4.99. The number of allylic oxidation sites excluding steroid dienone is 1. The number of rotatable bonds is 4. The lowest BCUT2D eigenvalue weighted by Crippen LogP contribution is -2.33. The first-order valence-electron chi connectivity index (χ1n) is 8.52. The third-order valence-electron chi connectivity index (χ3n) is 4.70. The number of carbonyl (C=O) groups is 2. The molecule has 0 saturated carbocycles. The third-order valence-corrected chi connectivity index (χ3v) is 4.70. The smallest absolute Gasteiger partial charge is 0.340 e. The second kappa shape index (κ2) is 7.23. The highest BCUT2D eigenvalue weighted by molar-refractivity contribution is 6.16. The Bertz CT molecular complexity index is 739. The summed E-state index contributed by atoms with van der Waals surface area (Å²) in [6.07, 6.45) is 3.72. The standard InChI is InChI=1S/C20H23NO4/c1-13-6-8-15(9-7-13)11-17-18(20(23)24-3)14(2)21(19(17)22)12-16-5-4-10-25-16/h6-9,11,16H,4-5,10,12H2,1-3H3. The number of carbonyl (C=O) groups excluding carboxylic acids is 2. The average Bonchev–Trinajstić information content (AvgIpc) is 3.19. The Balaban J connectivity index is 1.96. The van der Waals surface area contributed by atoms with Gasteiger partial charge in [-0.25, -0.2) is 4.79 Å². The molecule has 25 heavy (non-hydrogen) atoms. The highest BCUT2D eigenvalue weighted by Gasteiger charge is 2.38. The van der Waals surface area contributed by atoms with Gasteiger partial charge in [-0.05, 0) is 38.3 Å². The van der Waals surface area contributed by atoms with E-state index < -0.39 is 5.97 Å². The molecule has 0 bridgehead atoms. The summed E-state index contributed by atoms with van der Waals surface area (Å²) in [6, 6.07) is 7.82. The summed E-state index contributed by atoms with van der Waals surface area (Å²) in [5, 5.41) is 0. The summed E-state index contributed by atoms with van der Waals surface area (Å²) >= 11 is 0. The first kappa shape index (κ1) is 17.4. The third kappa shape index (κ3) is 3.51. The highest BCUT2D eigenvalue weighted by Crippen LogP contribution is 2.32. The van der Waals surface area contributed by atoms with Crippen LogP contribution in [0.4, 0.5) is 0 Å². The molecule has 0 N–H and O–H groups in total.